The highest BCUT2D eigenvalue weighted by Gasteiger charge is 2.48. The minimum absolute atomic E-state index is 0.369. The third-order valence-corrected chi connectivity index (χ3v) is 3.72. The van der Waals surface area contributed by atoms with E-state index in [9.17, 15) is 5.11 Å². The fourth-order valence-electron chi connectivity index (χ4n) is 2.74. The molecule has 0 bridgehead atoms. The van der Waals surface area contributed by atoms with Crippen molar-refractivity contribution in [2.75, 3.05) is 13.1 Å². The van der Waals surface area contributed by atoms with Gasteiger partial charge in [-0.2, -0.15) is 0 Å². The molecule has 1 aromatic carbocycles. The van der Waals surface area contributed by atoms with Crippen LogP contribution in [0.2, 0.25) is 0 Å². The van der Waals surface area contributed by atoms with E-state index in [4.69, 9.17) is 0 Å². The second-order valence-corrected chi connectivity index (χ2v) is 4.80. The summed E-state index contributed by atoms with van der Waals surface area (Å²) in [5, 5.41) is 12.5. The van der Waals surface area contributed by atoms with Gasteiger partial charge in [-0.25, -0.2) is 0 Å². The maximum absolute atomic E-state index is 9.18. The zero-order valence-electron chi connectivity index (χ0n) is 8.16. The van der Waals surface area contributed by atoms with Crippen LogP contribution in [0.15, 0.2) is 24.3 Å². The minimum atomic E-state index is 0.369. The molecular weight excluding hydrogens is 174 g/mol. The van der Waals surface area contributed by atoms with E-state index >= 15 is 0 Å². The van der Waals surface area contributed by atoms with E-state index in [2.05, 4.69) is 17.4 Å². The molecule has 1 saturated carbocycles. The molecule has 74 valence electrons. The summed E-state index contributed by atoms with van der Waals surface area (Å²) in [6, 6.07) is 7.69. The van der Waals surface area contributed by atoms with Gasteiger partial charge in [0.1, 0.15) is 5.75 Å². The molecule has 0 aromatic heterocycles. The molecule has 1 aliphatic carbocycles. The van der Waals surface area contributed by atoms with Gasteiger partial charge in [-0.3, -0.25) is 0 Å². The van der Waals surface area contributed by atoms with Crippen molar-refractivity contribution in [3.05, 3.63) is 29.8 Å². The van der Waals surface area contributed by atoms with Gasteiger partial charge in [0.25, 0.3) is 0 Å². The third kappa shape index (κ3) is 1.14. The normalized spacial score (nSPS) is 24.3. The van der Waals surface area contributed by atoms with Gasteiger partial charge in [0.05, 0.1) is 0 Å². The molecule has 0 atom stereocenters. The molecule has 1 saturated heterocycles. The van der Waals surface area contributed by atoms with Crippen LogP contribution < -0.4 is 5.32 Å². The van der Waals surface area contributed by atoms with Crippen LogP contribution >= 0.6 is 0 Å². The van der Waals surface area contributed by atoms with Crippen LogP contribution in [0.1, 0.15) is 24.3 Å². The summed E-state index contributed by atoms with van der Waals surface area (Å²) in [4.78, 5) is 0. The van der Waals surface area contributed by atoms with E-state index in [1.165, 1.54) is 31.5 Å². The molecule has 2 fully saturated rings. The van der Waals surface area contributed by atoms with Crippen molar-refractivity contribution < 1.29 is 5.11 Å². The summed E-state index contributed by atoms with van der Waals surface area (Å²) < 4.78 is 0. The molecule has 2 nitrogen and oxygen atoms in total. The first-order chi connectivity index (χ1) is 6.77. The predicted molar refractivity (Wildman–Crippen MR) is 55.4 cm³/mol. The Morgan fingerprint density at radius 2 is 1.79 bits per heavy atom. The lowest BCUT2D eigenvalue weighted by molar-refractivity contribution is 0.0363. The van der Waals surface area contributed by atoms with Crippen LogP contribution in [0.3, 0.4) is 0 Å². The standard InChI is InChI=1S/C12H15NO/c14-11-3-1-9(2-4-11)10-5-12(6-10)7-13-8-12/h1-4,10,13-14H,5-8H2. The van der Waals surface area contributed by atoms with Crippen molar-refractivity contribution in [1.29, 1.82) is 0 Å². The highest BCUT2D eigenvalue weighted by molar-refractivity contribution is 5.31. The second kappa shape index (κ2) is 2.74. The first-order valence-corrected chi connectivity index (χ1v) is 5.27. The Hall–Kier alpha value is -1.02. The molecule has 0 unspecified atom stereocenters. The first-order valence-electron chi connectivity index (χ1n) is 5.27. The Kier molecular flexibility index (Phi) is 1.62. The highest BCUT2D eigenvalue weighted by Crippen LogP contribution is 2.53. The summed E-state index contributed by atoms with van der Waals surface area (Å²) in [5.74, 6) is 1.10. The van der Waals surface area contributed by atoms with Crippen molar-refractivity contribution in [2.45, 2.75) is 18.8 Å². The average Bonchev–Trinajstić information content (AvgIpc) is 2.03. The maximum atomic E-state index is 9.18. The number of phenolic OH excluding ortho intramolecular Hbond substituents is 1. The minimum Gasteiger partial charge on any atom is -0.508 e. The molecule has 1 aromatic rings. The lowest BCUT2D eigenvalue weighted by atomic mass is 9.57. The lowest BCUT2D eigenvalue weighted by Gasteiger charge is -2.54. The Bertz CT molecular complexity index is 332. The molecule has 2 aliphatic rings. The number of rotatable bonds is 1. The summed E-state index contributed by atoms with van der Waals surface area (Å²) in [6.07, 6.45) is 2.65. The Labute approximate surface area is 84.0 Å². The van der Waals surface area contributed by atoms with Crippen molar-refractivity contribution in [2.24, 2.45) is 5.41 Å². The number of phenols is 1. The molecule has 0 radical (unpaired) electrons. The van der Waals surface area contributed by atoms with Crippen LogP contribution in [0, 0.1) is 5.41 Å². The van der Waals surface area contributed by atoms with Gasteiger partial charge >= 0.3 is 0 Å². The summed E-state index contributed by atoms with van der Waals surface area (Å²) in [6.45, 7) is 2.42. The number of hydrogen-bond acceptors (Lipinski definition) is 2. The Morgan fingerprint density at radius 3 is 2.29 bits per heavy atom. The van der Waals surface area contributed by atoms with Gasteiger partial charge < -0.3 is 10.4 Å². The van der Waals surface area contributed by atoms with Gasteiger partial charge in [-0.1, -0.05) is 12.1 Å². The molecule has 14 heavy (non-hydrogen) atoms. The van der Waals surface area contributed by atoms with Crippen LogP contribution in [0.4, 0.5) is 0 Å². The molecule has 2 heteroatoms. The molecular formula is C12H15NO. The number of benzene rings is 1. The summed E-state index contributed by atoms with van der Waals surface area (Å²) in [5.41, 5.74) is 2.03. The first kappa shape index (κ1) is 8.30. The molecule has 1 heterocycles. The van der Waals surface area contributed by atoms with Crippen LogP contribution in [-0.2, 0) is 0 Å². The van der Waals surface area contributed by atoms with Crippen LogP contribution in [-0.4, -0.2) is 18.2 Å². The van der Waals surface area contributed by atoms with Crippen molar-refractivity contribution in [1.82, 2.24) is 5.32 Å². The molecule has 3 rings (SSSR count). The third-order valence-electron chi connectivity index (χ3n) is 3.72. The van der Waals surface area contributed by atoms with Gasteiger partial charge in [-0.05, 0) is 41.9 Å². The van der Waals surface area contributed by atoms with E-state index in [-0.39, 0.29) is 0 Å². The summed E-state index contributed by atoms with van der Waals surface area (Å²) >= 11 is 0. The number of hydrogen-bond donors (Lipinski definition) is 2. The smallest absolute Gasteiger partial charge is 0.115 e. The van der Waals surface area contributed by atoms with Gasteiger partial charge in [0.2, 0.25) is 0 Å². The van der Waals surface area contributed by atoms with Crippen LogP contribution in [0.5, 0.6) is 5.75 Å². The average molecular weight is 189 g/mol. The van der Waals surface area contributed by atoms with E-state index < -0.39 is 0 Å². The van der Waals surface area contributed by atoms with E-state index in [0.717, 1.165) is 5.92 Å². The zero-order chi connectivity index (χ0) is 9.60. The van der Waals surface area contributed by atoms with Crippen molar-refractivity contribution in [3.63, 3.8) is 0 Å². The van der Waals surface area contributed by atoms with Crippen molar-refractivity contribution in [3.8, 4) is 5.75 Å². The van der Waals surface area contributed by atoms with E-state index in [1.807, 2.05) is 0 Å². The number of nitrogens with one attached hydrogen (secondary N) is 1. The van der Waals surface area contributed by atoms with Gasteiger partial charge in [0.15, 0.2) is 0 Å². The molecule has 1 spiro atoms. The fraction of sp³-hybridized carbons (Fsp3) is 0.500. The zero-order valence-corrected chi connectivity index (χ0v) is 8.16. The monoisotopic (exact) mass is 189 g/mol. The lowest BCUT2D eigenvalue weighted by Crippen LogP contribution is -2.59. The van der Waals surface area contributed by atoms with Crippen molar-refractivity contribution >= 4 is 0 Å². The molecule has 1 aliphatic heterocycles. The van der Waals surface area contributed by atoms with Crippen LogP contribution in [0.25, 0.3) is 0 Å². The quantitative estimate of drug-likeness (QED) is 0.706. The van der Waals surface area contributed by atoms with Gasteiger partial charge in [0, 0.05) is 13.1 Å². The maximum Gasteiger partial charge on any atom is 0.115 e. The second-order valence-electron chi connectivity index (χ2n) is 4.80. The summed E-state index contributed by atoms with van der Waals surface area (Å²) in [7, 11) is 0. The van der Waals surface area contributed by atoms with E-state index in [1.54, 1.807) is 12.1 Å². The van der Waals surface area contributed by atoms with E-state index in [0.29, 0.717) is 11.2 Å². The number of aromatic hydroxyl groups is 1. The van der Waals surface area contributed by atoms with Gasteiger partial charge in [-0.15, -0.1) is 0 Å². The molecule has 2 N–H and O–H groups in total. The highest BCUT2D eigenvalue weighted by atomic mass is 16.3. The fourth-order valence-corrected chi connectivity index (χ4v) is 2.74. The predicted octanol–water partition coefficient (Wildman–Crippen LogP) is 1.86. The largest absolute Gasteiger partial charge is 0.508 e. The Morgan fingerprint density at radius 1 is 1.14 bits per heavy atom. The Balaban J connectivity index is 1.70. The topological polar surface area (TPSA) is 32.3 Å². The SMILES string of the molecule is Oc1ccc(C2CC3(CNC3)C2)cc1. The molecule has 0 amide bonds.